The van der Waals surface area contributed by atoms with Crippen molar-refractivity contribution >= 4 is 28.4 Å². The molecule has 0 spiro atoms. The first-order valence-electron chi connectivity index (χ1n) is 12.2. The van der Waals surface area contributed by atoms with Crippen LogP contribution in [0.25, 0.3) is 10.9 Å². The van der Waals surface area contributed by atoms with Gasteiger partial charge in [0.2, 0.25) is 11.8 Å². The molecule has 1 saturated heterocycles. The van der Waals surface area contributed by atoms with E-state index in [-0.39, 0.29) is 30.6 Å². The number of carbonyl (C=O) groups is 2. The number of hydrogen-bond acceptors (Lipinski definition) is 5. The molecule has 2 amide bonds. The summed E-state index contributed by atoms with van der Waals surface area (Å²) in [5.74, 6) is -0.482. The largest absolute Gasteiger partial charge is 0.595 e. The van der Waals surface area contributed by atoms with Gasteiger partial charge in [-0.2, -0.15) is 5.23 Å². The standard InChI is InChI=1S/C28H26N4O5/c33-24(17-7-2-1-3-8-17)15-30-16-25(34)31-23(28(30)35)14-21-20-11-4-5-12-22(20)29-26(21)27(31)18-9-6-10-19(13-18)32(36)37/h1-13,23-24,27,29,32-33,36H,14-16H2. The summed E-state index contributed by atoms with van der Waals surface area (Å²) in [6, 6.07) is 22.0. The van der Waals surface area contributed by atoms with Crippen LogP contribution in [-0.4, -0.2) is 56.0 Å². The number of H-pyrrole nitrogens is 1. The Hall–Kier alpha value is -4.02. The van der Waals surface area contributed by atoms with E-state index in [0.717, 1.165) is 22.2 Å². The van der Waals surface area contributed by atoms with Crippen LogP contribution >= 0.6 is 0 Å². The molecule has 4 N–H and O–H groups in total. The van der Waals surface area contributed by atoms with Gasteiger partial charge in [-0.1, -0.05) is 60.7 Å². The first-order chi connectivity index (χ1) is 17.9. The molecule has 0 radical (unpaired) electrons. The van der Waals surface area contributed by atoms with Crippen molar-refractivity contribution in [2.75, 3.05) is 13.1 Å². The van der Waals surface area contributed by atoms with E-state index in [9.17, 15) is 25.1 Å². The molecule has 0 aliphatic carbocycles. The molecule has 9 heteroatoms. The van der Waals surface area contributed by atoms with Crippen molar-refractivity contribution in [2.24, 2.45) is 0 Å². The number of fused-ring (bicyclic) bond motifs is 4. The predicted molar refractivity (Wildman–Crippen MR) is 135 cm³/mol. The Morgan fingerprint density at radius 3 is 2.57 bits per heavy atom. The van der Waals surface area contributed by atoms with Crippen molar-refractivity contribution in [2.45, 2.75) is 24.6 Å². The van der Waals surface area contributed by atoms with E-state index in [1.54, 1.807) is 35.2 Å². The summed E-state index contributed by atoms with van der Waals surface area (Å²) < 4.78 is 0. The summed E-state index contributed by atoms with van der Waals surface area (Å²) in [6.07, 6.45) is -0.587. The van der Waals surface area contributed by atoms with Crippen LogP contribution in [0.5, 0.6) is 0 Å². The normalized spacial score (nSPS) is 21.1. The highest BCUT2D eigenvalue weighted by molar-refractivity contribution is 5.97. The van der Waals surface area contributed by atoms with Crippen LogP contribution in [0.3, 0.4) is 0 Å². The summed E-state index contributed by atoms with van der Waals surface area (Å²) in [6.45, 7) is -0.150. The molecule has 4 aromatic rings. The molecule has 37 heavy (non-hydrogen) atoms. The Labute approximate surface area is 212 Å². The summed E-state index contributed by atoms with van der Waals surface area (Å²) in [5.41, 5.74) is 4.03. The Bertz CT molecular complexity index is 1480. The van der Waals surface area contributed by atoms with Gasteiger partial charge in [0.05, 0.1) is 25.2 Å². The maximum absolute atomic E-state index is 13.8. The molecular weight excluding hydrogens is 472 g/mol. The van der Waals surface area contributed by atoms with Crippen molar-refractivity contribution < 1.29 is 25.1 Å². The van der Waals surface area contributed by atoms with Gasteiger partial charge < -0.3 is 25.1 Å². The minimum Gasteiger partial charge on any atom is -0.595 e. The molecule has 188 valence electrons. The van der Waals surface area contributed by atoms with E-state index < -0.39 is 23.4 Å². The molecule has 3 heterocycles. The minimum absolute atomic E-state index is 0.0127. The molecule has 6 rings (SSSR count). The number of carbonyl (C=O) groups excluding carboxylic acids is 2. The highest BCUT2D eigenvalue weighted by Gasteiger charge is 2.48. The SMILES string of the molecule is O=C1C2Cc3c([nH]c4ccccc34)C(c3cccc([NH+]([O-])O)c3)N2C(=O)CN1CC(O)c1ccccc1. The van der Waals surface area contributed by atoms with Crippen LogP contribution in [0.4, 0.5) is 5.69 Å². The van der Waals surface area contributed by atoms with E-state index in [1.165, 1.54) is 11.0 Å². The van der Waals surface area contributed by atoms with Crippen LogP contribution in [0.15, 0.2) is 78.9 Å². The van der Waals surface area contributed by atoms with E-state index in [2.05, 4.69) is 4.98 Å². The monoisotopic (exact) mass is 498 g/mol. The minimum atomic E-state index is -1.06. The molecule has 2 aliphatic rings. The van der Waals surface area contributed by atoms with Crippen molar-refractivity contribution in [1.82, 2.24) is 14.8 Å². The number of aliphatic hydroxyl groups excluding tert-OH is 1. The van der Waals surface area contributed by atoms with Gasteiger partial charge in [-0.3, -0.25) is 9.59 Å². The van der Waals surface area contributed by atoms with Gasteiger partial charge in [-0.05, 0) is 22.8 Å². The molecule has 9 nitrogen and oxygen atoms in total. The number of nitrogens with one attached hydrogen (secondary N) is 2. The van der Waals surface area contributed by atoms with E-state index >= 15 is 0 Å². The fourth-order valence-corrected chi connectivity index (χ4v) is 5.66. The molecule has 2 aliphatic heterocycles. The summed E-state index contributed by atoms with van der Waals surface area (Å²) in [7, 11) is 0. The number of para-hydroxylation sites is 1. The van der Waals surface area contributed by atoms with Gasteiger partial charge in [0, 0.05) is 35.2 Å². The molecule has 1 fully saturated rings. The van der Waals surface area contributed by atoms with Crippen LogP contribution in [-0.2, 0) is 16.0 Å². The van der Waals surface area contributed by atoms with Crippen LogP contribution in [0.1, 0.15) is 34.5 Å². The van der Waals surface area contributed by atoms with Crippen molar-refractivity contribution in [3.63, 3.8) is 0 Å². The average Bonchev–Trinajstić information content (AvgIpc) is 3.29. The third kappa shape index (κ3) is 3.98. The molecule has 4 unspecified atom stereocenters. The van der Waals surface area contributed by atoms with Crippen molar-refractivity contribution in [1.29, 1.82) is 0 Å². The first-order valence-corrected chi connectivity index (χ1v) is 12.2. The fourth-order valence-electron chi connectivity index (χ4n) is 5.66. The second-order valence-corrected chi connectivity index (χ2v) is 9.56. The number of β-amino-alcohol motifs (C(OH)–C–C–N with tert-alkyl or cyclic N) is 1. The van der Waals surface area contributed by atoms with Gasteiger partial charge in [0.15, 0.2) is 5.69 Å². The molecule has 3 aromatic carbocycles. The van der Waals surface area contributed by atoms with Crippen molar-refractivity contribution in [3.8, 4) is 0 Å². The summed E-state index contributed by atoms with van der Waals surface area (Å²) in [4.78, 5) is 33.9. The zero-order chi connectivity index (χ0) is 25.7. The van der Waals surface area contributed by atoms with E-state index in [4.69, 9.17) is 0 Å². The van der Waals surface area contributed by atoms with Crippen LogP contribution < -0.4 is 5.23 Å². The summed E-state index contributed by atoms with van der Waals surface area (Å²) in [5, 5.41) is 32.0. The predicted octanol–water partition coefficient (Wildman–Crippen LogP) is 1.99. The number of aliphatic hydroxyl groups is 1. The molecule has 0 bridgehead atoms. The fraction of sp³-hybridized carbons (Fsp3) is 0.214. The number of hydrogen-bond donors (Lipinski definition) is 4. The average molecular weight is 499 g/mol. The van der Waals surface area contributed by atoms with Crippen LogP contribution in [0, 0.1) is 5.21 Å². The number of benzene rings is 3. The maximum Gasteiger partial charge on any atom is 0.246 e. The topological polar surface area (TPSA) is 124 Å². The lowest BCUT2D eigenvalue weighted by Gasteiger charge is -2.47. The van der Waals surface area contributed by atoms with Gasteiger partial charge in [-0.25, -0.2) is 5.21 Å². The zero-order valence-corrected chi connectivity index (χ0v) is 19.9. The summed E-state index contributed by atoms with van der Waals surface area (Å²) >= 11 is 0. The molecular formula is C28H26N4O5. The number of nitrogens with zero attached hydrogens (tertiary/aromatic N) is 2. The van der Waals surface area contributed by atoms with Gasteiger partial charge in [0.25, 0.3) is 0 Å². The second kappa shape index (κ2) is 9.13. The number of quaternary nitrogens is 1. The Morgan fingerprint density at radius 1 is 1.03 bits per heavy atom. The Kier molecular flexibility index (Phi) is 5.77. The maximum atomic E-state index is 13.8. The lowest BCUT2D eigenvalue weighted by Crippen LogP contribution is -2.99. The lowest BCUT2D eigenvalue weighted by molar-refractivity contribution is -0.991. The zero-order valence-electron chi connectivity index (χ0n) is 19.9. The van der Waals surface area contributed by atoms with Gasteiger partial charge >= 0.3 is 0 Å². The lowest BCUT2D eigenvalue weighted by atomic mass is 9.86. The number of aromatic amines is 1. The number of rotatable bonds is 5. The highest BCUT2D eigenvalue weighted by atomic mass is 16.8. The highest BCUT2D eigenvalue weighted by Crippen LogP contribution is 2.43. The van der Waals surface area contributed by atoms with Crippen LogP contribution in [0.2, 0.25) is 0 Å². The number of piperazine rings is 1. The number of amides is 2. The third-order valence-corrected chi connectivity index (χ3v) is 7.37. The smallest absolute Gasteiger partial charge is 0.246 e. The van der Waals surface area contributed by atoms with Gasteiger partial charge in [-0.15, -0.1) is 0 Å². The first kappa shape index (κ1) is 23.4. The van der Waals surface area contributed by atoms with Crippen molar-refractivity contribution in [3.05, 3.63) is 106 Å². The second-order valence-electron chi connectivity index (χ2n) is 9.56. The van der Waals surface area contributed by atoms with Gasteiger partial charge in [0.1, 0.15) is 6.04 Å². The quantitative estimate of drug-likeness (QED) is 0.313. The van der Waals surface area contributed by atoms with E-state index in [1.807, 2.05) is 42.5 Å². The molecule has 1 aromatic heterocycles. The Balaban J connectivity index is 1.42. The molecule has 0 saturated carbocycles. The number of aromatic nitrogens is 1. The third-order valence-electron chi connectivity index (χ3n) is 7.37. The van der Waals surface area contributed by atoms with E-state index in [0.29, 0.717) is 17.5 Å². The Morgan fingerprint density at radius 2 is 1.78 bits per heavy atom. The molecule has 4 atom stereocenters.